The number of unbranched alkanes of at least 4 members (excludes halogenated alkanes) is 4. The number of nitrogens with zero attached hydrogens (tertiary/aromatic N) is 1. The van der Waals surface area contributed by atoms with Crippen LogP contribution in [0.5, 0.6) is 0 Å². The van der Waals surface area contributed by atoms with Crippen molar-refractivity contribution in [2.75, 3.05) is 6.61 Å². The summed E-state index contributed by atoms with van der Waals surface area (Å²) in [4.78, 5) is 5.02. The summed E-state index contributed by atoms with van der Waals surface area (Å²) >= 11 is 0. The van der Waals surface area contributed by atoms with Gasteiger partial charge in [0.2, 0.25) is 0 Å². The minimum atomic E-state index is 0.765. The monoisotopic (exact) mass is 171 g/mol. The van der Waals surface area contributed by atoms with Crippen molar-refractivity contribution in [3.8, 4) is 0 Å². The fourth-order valence-electron chi connectivity index (χ4n) is 0.853. The topological polar surface area (TPSA) is 21.6 Å². The molecule has 0 unspecified atom stereocenters. The molecule has 0 rings (SSSR count). The summed E-state index contributed by atoms with van der Waals surface area (Å²) in [6.07, 6.45) is 9.01. The molecule has 0 atom stereocenters. The summed E-state index contributed by atoms with van der Waals surface area (Å²) in [5, 5.41) is 3.86. The quantitative estimate of drug-likeness (QED) is 0.312. The summed E-state index contributed by atoms with van der Waals surface area (Å²) in [5.74, 6) is 0. The molecule has 0 aromatic carbocycles. The molecule has 0 aliphatic carbocycles. The van der Waals surface area contributed by atoms with Crippen LogP contribution in [-0.4, -0.2) is 12.8 Å². The van der Waals surface area contributed by atoms with Crippen LogP contribution >= 0.6 is 0 Å². The molecule has 0 amide bonds. The lowest BCUT2D eigenvalue weighted by Gasteiger charge is -1.95. The number of oxime groups is 1. The highest BCUT2D eigenvalue weighted by atomic mass is 16.6. The van der Waals surface area contributed by atoms with Crippen molar-refractivity contribution in [1.29, 1.82) is 0 Å². The van der Waals surface area contributed by atoms with Crippen molar-refractivity contribution >= 4 is 6.21 Å². The van der Waals surface area contributed by atoms with E-state index in [0.29, 0.717) is 0 Å². The van der Waals surface area contributed by atoms with E-state index in [2.05, 4.69) is 19.0 Å². The Hall–Kier alpha value is -0.530. The van der Waals surface area contributed by atoms with Gasteiger partial charge >= 0.3 is 0 Å². The summed E-state index contributed by atoms with van der Waals surface area (Å²) in [5.41, 5.74) is 0. The van der Waals surface area contributed by atoms with Crippen LogP contribution in [0.2, 0.25) is 0 Å². The van der Waals surface area contributed by atoms with Crippen molar-refractivity contribution in [2.45, 2.75) is 52.4 Å². The highest BCUT2D eigenvalue weighted by molar-refractivity contribution is 5.56. The molecule has 2 heteroatoms. The smallest absolute Gasteiger partial charge is 0.117 e. The maximum Gasteiger partial charge on any atom is 0.117 e. The molecule has 72 valence electrons. The molecule has 2 nitrogen and oxygen atoms in total. The average Bonchev–Trinajstić information content (AvgIpc) is 2.10. The Morgan fingerprint density at radius 3 is 2.50 bits per heavy atom. The van der Waals surface area contributed by atoms with Gasteiger partial charge in [-0.1, -0.05) is 38.3 Å². The molecule has 12 heavy (non-hydrogen) atoms. The summed E-state index contributed by atoms with van der Waals surface area (Å²) in [6, 6.07) is 0. The predicted molar refractivity (Wildman–Crippen MR) is 53.5 cm³/mol. The Bertz CT molecular complexity index is 90.0. The zero-order chi connectivity index (χ0) is 9.07. The highest BCUT2D eigenvalue weighted by Gasteiger charge is 1.83. The normalized spacial score (nSPS) is 10.8. The molecule has 0 fully saturated rings. The minimum Gasteiger partial charge on any atom is -0.396 e. The van der Waals surface area contributed by atoms with Crippen molar-refractivity contribution in [3.63, 3.8) is 0 Å². The Kier molecular flexibility index (Phi) is 10.0. The highest BCUT2D eigenvalue weighted by Crippen LogP contribution is 1.96. The Morgan fingerprint density at radius 1 is 1.08 bits per heavy atom. The second-order valence-electron chi connectivity index (χ2n) is 2.97. The van der Waals surface area contributed by atoms with Crippen LogP contribution in [0.25, 0.3) is 0 Å². The first-order valence-corrected chi connectivity index (χ1v) is 5.05. The maximum absolute atomic E-state index is 5.02. The molecule has 0 aromatic heterocycles. The molecular weight excluding hydrogens is 150 g/mol. The van der Waals surface area contributed by atoms with E-state index in [-0.39, 0.29) is 0 Å². The predicted octanol–water partition coefficient (Wildman–Crippen LogP) is 3.37. The molecule has 0 saturated carbocycles. The SMILES string of the molecule is CCCCC/C=N/OCCCC. The Balaban J connectivity index is 2.93. The van der Waals surface area contributed by atoms with Crippen molar-refractivity contribution < 1.29 is 4.84 Å². The Morgan fingerprint density at radius 2 is 1.83 bits per heavy atom. The van der Waals surface area contributed by atoms with Gasteiger partial charge in [0.25, 0.3) is 0 Å². The van der Waals surface area contributed by atoms with E-state index in [1.807, 2.05) is 6.21 Å². The van der Waals surface area contributed by atoms with Gasteiger partial charge in [-0.3, -0.25) is 0 Å². The maximum atomic E-state index is 5.02. The van der Waals surface area contributed by atoms with E-state index in [0.717, 1.165) is 19.4 Å². The van der Waals surface area contributed by atoms with Gasteiger partial charge in [-0.25, -0.2) is 0 Å². The molecule has 0 aliphatic rings. The van der Waals surface area contributed by atoms with E-state index in [1.165, 1.54) is 25.7 Å². The number of hydrogen-bond acceptors (Lipinski definition) is 2. The van der Waals surface area contributed by atoms with E-state index < -0.39 is 0 Å². The fraction of sp³-hybridized carbons (Fsp3) is 0.900. The Labute approximate surface area is 76.0 Å². The minimum absolute atomic E-state index is 0.765. The van der Waals surface area contributed by atoms with E-state index in [4.69, 9.17) is 4.84 Å². The molecule has 0 bridgehead atoms. The van der Waals surface area contributed by atoms with Crippen LogP contribution < -0.4 is 0 Å². The zero-order valence-electron chi connectivity index (χ0n) is 8.38. The van der Waals surface area contributed by atoms with Gasteiger partial charge in [-0.15, -0.1) is 0 Å². The van der Waals surface area contributed by atoms with Crippen LogP contribution in [-0.2, 0) is 4.84 Å². The molecule has 0 heterocycles. The van der Waals surface area contributed by atoms with Crippen molar-refractivity contribution in [1.82, 2.24) is 0 Å². The summed E-state index contributed by atoms with van der Waals surface area (Å²) < 4.78 is 0. The zero-order valence-corrected chi connectivity index (χ0v) is 8.38. The molecule has 0 aromatic rings. The standard InChI is InChI=1S/C10H21NO/c1-3-5-7-8-9-11-12-10-6-4-2/h9H,3-8,10H2,1-2H3/b11-9+. The molecule has 0 N–H and O–H groups in total. The van der Waals surface area contributed by atoms with Gasteiger partial charge in [0, 0.05) is 6.21 Å². The first-order chi connectivity index (χ1) is 5.91. The lowest BCUT2D eigenvalue weighted by Crippen LogP contribution is -1.87. The van der Waals surface area contributed by atoms with E-state index >= 15 is 0 Å². The van der Waals surface area contributed by atoms with Crippen LogP contribution in [0.4, 0.5) is 0 Å². The van der Waals surface area contributed by atoms with Crippen LogP contribution in [0.1, 0.15) is 52.4 Å². The third kappa shape index (κ3) is 9.47. The second kappa shape index (κ2) is 10.5. The first kappa shape index (κ1) is 11.5. The van der Waals surface area contributed by atoms with E-state index in [1.54, 1.807) is 0 Å². The van der Waals surface area contributed by atoms with Gasteiger partial charge in [-0.05, 0) is 19.3 Å². The molecule has 0 aliphatic heterocycles. The molecule has 0 radical (unpaired) electrons. The number of hydrogen-bond donors (Lipinski definition) is 0. The van der Waals surface area contributed by atoms with Crippen LogP contribution in [0.3, 0.4) is 0 Å². The third-order valence-electron chi connectivity index (χ3n) is 1.68. The van der Waals surface area contributed by atoms with Gasteiger partial charge < -0.3 is 4.84 Å². The summed E-state index contributed by atoms with van der Waals surface area (Å²) in [7, 11) is 0. The van der Waals surface area contributed by atoms with Gasteiger partial charge in [0.1, 0.15) is 6.61 Å². The largest absolute Gasteiger partial charge is 0.396 e. The van der Waals surface area contributed by atoms with E-state index in [9.17, 15) is 0 Å². The lowest BCUT2D eigenvalue weighted by molar-refractivity contribution is 0.142. The summed E-state index contributed by atoms with van der Waals surface area (Å²) in [6.45, 7) is 5.12. The van der Waals surface area contributed by atoms with Crippen molar-refractivity contribution in [3.05, 3.63) is 0 Å². The second-order valence-corrected chi connectivity index (χ2v) is 2.97. The first-order valence-electron chi connectivity index (χ1n) is 5.05. The van der Waals surface area contributed by atoms with Gasteiger partial charge in [-0.2, -0.15) is 0 Å². The van der Waals surface area contributed by atoms with Crippen molar-refractivity contribution in [2.24, 2.45) is 5.16 Å². The number of rotatable bonds is 8. The third-order valence-corrected chi connectivity index (χ3v) is 1.68. The lowest BCUT2D eigenvalue weighted by atomic mass is 10.2. The molecule has 0 spiro atoms. The van der Waals surface area contributed by atoms with Crippen LogP contribution in [0.15, 0.2) is 5.16 Å². The van der Waals surface area contributed by atoms with Gasteiger partial charge in [0.05, 0.1) is 0 Å². The average molecular weight is 171 g/mol. The molecule has 0 saturated heterocycles. The van der Waals surface area contributed by atoms with Crippen LogP contribution in [0, 0.1) is 0 Å². The van der Waals surface area contributed by atoms with Gasteiger partial charge in [0.15, 0.2) is 0 Å². The molecular formula is C10H21NO. The fourth-order valence-corrected chi connectivity index (χ4v) is 0.853.